The fourth-order valence-electron chi connectivity index (χ4n) is 1.97. The Hall–Kier alpha value is -2.10. The zero-order chi connectivity index (χ0) is 12.5. The number of hydrogen-bond acceptors (Lipinski definition) is 3. The lowest BCUT2D eigenvalue weighted by atomic mass is 10.1. The molecule has 0 radical (unpaired) electrons. The van der Waals surface area contributed by atoms with E-state index in [1.165, 1.54) is 12.8 Å². The molecular weight excluding hydrogens is 226 g/mol. The van der Waals surface area contributed by atoms with Crippen molar-refractivity contribution < 1.29 is 4.79 Å². The predicted molar refractivity (Wildman–Crippen MR) is 71.2 cm³/mol. The number of amides is 1. The van der Waals surface area contributed by atoms with Crippen molar-refractivity contribution in [3.63, 3.8) is 0 Å². The SMILES string of the molecule is Nc1cc(C(=O)NCC2CC2)nc2ccccc12. The van der Waals surface area contributed by atoms with E-state index < -0.39 is 0 Å². The Morgan fingerprint density at radius 2 is 2.17 bits per heavy atom. The van der Waals surface area contributed by atoms with Gasteiger partial charge in [-0.05, 0) is 30.9 Å². The van der Waals surface area contributed by atoms with Gasteiger partial charge in [0.05, 0.1) is 5.52 Å². The molecule has 0 aliphatic heterocycles. The maximum Gasteiger partial charge on any atom is 0.269 e. The number of nitrogens with one attached hydrogen (secondary N) is 1. The highest BCUT2D eigenvalue weighted by atomic mass is 16.1. The van der Waals surface area contributed by atoms with E-state index in [0.717, 1.165) is 17.4 Å². The van der Waals surface area contributed by atoms with Crippen molar-refractivity contribution in [1.82, 2.24) is 10.3 Å². The molecule has 1 amide bonds. The molecule has 1 fully saturated rings. The zero-order valence-corrected chi connectivity index (χ0v) is 10.0. The van der Waals surface area contributed by atoms with Crippen LogP contribution in [0.25, 0.3) is 10.9 Å². The number of nitrogen functional groups attached to an aromatic ring is 1. The van der Waals surface area contributed by atoms with Gasteiger partial charge in [0.1, 0.15) is 5.69 Å². The lowest BCUT2D eigenvalue weighted by Crippen LogP contribution is -2.26. The summed E-state index contributed by atoms with van der Waals surface area (Å²) in [5, 5.41) is 3.78. The second kappa shape index (κ2) is 4.29. The molecule has 3 rings (SSSR count). The third-order valence-electron chi connectivity index (χ3n) is 3.23. The third kappa shape index (κ3) is 2.14. The van der Waals surface area contributed by atoms with Crippen LogP contribution in [0.3, 0.4) is 0 Å². The summed E-state index contributed by atoms with van der Waals surface area (Å²) in [4.78, 5) is 16.3. The first-order valence-corrected chi connectivity index (χ1v) is 6.17. The minimum absolute atomic E-state index is 0.139. The van der Waals surface area contributed by atoms with Crippen molar-refractivity contribution in [2.75, 3.05) is 12.3 Å². The molecule has 0 saturated heterocycles. The molecule has 4 heteroatoms. The summed E-state index contributed by atoms with van der Waals surface area (Å²) >= 11 is 0. The first kappa shape index (κ1) is 11.0. The van der Waals surface area contributed by atoms with Crippen LogP contribution in [0.1, 0.15) is 23.3 Å². The predicted octanol–water partition coefficient (Wildman–Crippen LogP) is 1.96. The van der Waals surface area contributed by atoms with E-state index in [-0.39, 0.29) is 5.91 Å². The number of rotatable bonds is 3. The number of benzene rings is 1. The summed E-state index contributed by atoms with van der Waals surface area (Å²) in [5.41, 5.74) is 7.69. The molecule has 3 N–H and O–H groups in total. The molecule has 0 atom stereocenters. The van der Waals surface area contributed by atoms with Gasteiger partial charge in [0.2, 0.25) is 0 Å². The maximum absolute atomic E-state index is 11.9. The van der Waals surface area contributed by atoms with Crippen molar-refractivity contribution >= 4 is 22.5 Å². The van der Waals surface area contributed by atoms with Gasteiger partial charge < -0.3 is 11.1 Å². The van der Waals surface area contributed by atoms with Crippen LogP contribution < -0.4 is 11.1 Å². The minimum atomic E-state index is -0.139. The molecule has 4 nitrogen and oxygen atoms in total. The summed E-state index contributed by atoms with van der Waals surface area (Å²) in [6.07, 6.45) is 2.43. The van der Waals surface area contributed by atoms with E-state index in [9.17, 15) is 4.79 Å². The molecule has 0 spiro atoms. The van der Waals surface area contributed by atoms with Crippen LogP contribution in [0, 0.1) is 5.92 Å². The summed E-state index contributed by atoms with van der Waals surface area (Å²) < 4.78 is 0. The van der Waals surface area contributed by atoms with Gasteiger partial charge in [-0.2, -0.15) is 0 Å². The molecule has 1 aliphatic carbocycles. The van der Waals surface area contributed by atoms with Crippen molar-refractivity contribution in [2.24, 2.45) is 5.92 Å². The van der Waals surface area contributed by atoms with Crippen molar-refractivity contribution in [1.29, 1.82) is 0 Å². The highest BCUT2D eigenvalue weighted by Gasteiger charge is 2.22. The molecule has 0 bridgehead atoms. The number of nitrogens with zero attached hydrogens (tertiary/aromatic N) is 1. The number of anilines is 1. The lowest BCUT2D eigenvalue weighted by molar-refractivity contribution is 0.0947. The van der Waals surface area contributed by atoms with Gasteiger partial charge in [-0.15, -0.1) is 0 Å². The van der Waals surface area contributed by atoms with E-state index in [1.54, 1.807) is 6.07 Å². The topological polar surface area (TPSA) is 68.0 Å². The molecule has 2 aromatic rings. The van der Waals surface area contributed by atoms with Crippen molar-refractivity contribution in [2.45, 2.75) is 12.8 Å². The number of nitrogens with two attached hydrogens (primary N) is 1. The van der Waals surface area contributed by atoms with Crippen LogP contribution in [-0.4, -0.2) is 17.4 Å². The molecule has 1 aromatic heterocycles. The van der Waals surface area contributed by atoms with E-state index in [4.69, 9.17) is 5.73 Å². The molecule has 1 aliphatic rings. The molecule has 1 heterocycles. The van der Waals surface area contributed by atoms with Gasteiger partial charge in [-0.3, -0.25) is 4.79 Å². The summed E-state index contributed by atoms with van der Waals surface area (Å²) in [6, 6.07) is 9.21. The van der Waals surface area contributed by atoms with Crippen LogP contribution in [0.4, 0.5) is 5.69 Å². The second-order valence-electron chi connectivity index (χ2n) is 4.77. The Bertz CT molecular complexity index is 605. The number of aromatic nitrogens is 1. The molecule has 18 heavy (non-hydrogen) atoms. The fraction of sp³-hybridized carbons (Fsp3) is 0.286. The fourth-order valence-corrected chi connectivity index (χ4v) is 1.97. The molecule has 0 unspecified atom stereocenters. The average Bonchev–Trinajstić information content (AvgIpc) is 3.20. The van der Waals surface area contributed by atoms with Gasteiger partial charge in [0, 0.05) is 17.6 Å². The van der Waals surface area contributed by atoms with Crippen LogP contribution in [-0.2, 0) is 0 Å². The van der Waals surface area contributed by atoms with E-state index in [2.05, 4.69) is 10.3 Å². The van der Waals surface area contributed by atoms with Crippen molar-refractivity contribution in [3.8, 4) is 0 Å². The molecule has 1 aromatic carbocycles. The Balaban J connectivity index is 1.88. The highest BCUT2D eigenvalue weighted by molar-refractivity contribution is 5.99. The molecule has 92 valence electrons. The number of para-hydroxylation sites is 1. The Kier molecular flexibility index (Phi) is 2.63. The zero-order valence-electron chi connectivity index (χ0n) is 10.0. The van der Waals surface area contributed by atoms with Gasteiger partial charge in [-0.25, -0.2) is 4.98 Å². The standard InChI is InChI=1S/C14H15N3O/c15-11-7-13(14(18)16-8-9-5-6-9)17-12-4-2-1-3-10(11)12/h1-4,7,9H,5-6,8H2,(H2,15,17)(H,16,18). The van der Waals surface area contributed by atoms with Gasteiger partial charge >= 0.3 is 0 Å². The summed E-state index contributed by atoms with van der Waals surface area (Å²) in [7, 11) is 0. The quantitative estimate of drug-likeness (QED) is 0.863. The van der Waals surface area contributed by atoms with Crippen molar-refractivity contribution in [3.05, 3.63) is 36.0 Å². The third-order valence-corrected chi connectivity index (χ3v) is 3.23. The summed E-state index contributed by atoms with van der Waals surface area (Å²) in [5.74, 6) is 0.520. The second-order valence-corrected chi connectivity index (χ2v) is 4.77. The van der Waals surface area contributed by atoms with Crippen LogP contribution in [0.15, 0.2) is 30.3 Å². The normalized spacial score (nSPS) is 14.7. The smallest absolute Gasteiger partial charge is 0.269 e. The number of carbonyl (C=O) groups is 1. The van der Waals surface area contributed by atoms with Crippen LogP contribution in [0.5, 0.6) is 0 Å². The van der Waals surface area contributed by atoms with E-state index in [0.29, 0.717) is 17.3 Å². The number of carbonyl (C=O) groups excluding carboxylic acids is 1. The van der Waals surface area contributed by atoms with Gasteiger partial charge in [0.15, 0.2) is 0 Å². The Morgan fingerprint density at radius 1 is 1.39 bits per heavy atom. The summed E-state index contributed by atoms with van der Waals surface area (Å²) in [6.45, 7) is 0.743. The van der Waals surface area contributed by atoms with Gasteiger partial charge in [-0.1, -0.05) is 18.2 Å². The minimum Gasteiger partial charge on any atom is -0.398 e. The largest absolute Gasteiger partial charge is 0.398 e. The molecular formula is C14H15N3O. The van der Waals surface area contributed by atoms with E-state index in [1.807, 2.05) is 24.3 Å². The maximum atomic E-state index is 11.9. The first-order chi connectivity index (χ1) is 8.74. The average molecular weight is 241 g/mol. The monoisotopic (exact) mass is 241 g/mol. The first-order valence-electron chi connectivity index (χ1n) is 6.17. The lowest BCUT2D eigenvalue weighted by Gasteiger charge is -2.07. The van der Waals surface area contributed by atoms with E-state index >= 15 is 0 Å². The number of fused-ring (bicyclic) bond motifs is 1. The molecule has 1 saturated carbocycles. The Labute approximate surface area is 105 Å². The highest BCUT2D eigenvalue weighted by Crippen LogP contribution is 2.27. The van der Waals surface area contributed by atoms with Crippen LogP contribution >= 0.6 is 0 Å². The Morgan fingerprint density at radius 3 is 2.94 bits per heavy atom. The number of pyridine rings is 1. The van der Waals surface area contributed by atoms with Gasteiger partial charge in [0.25, 0.3) is 5.91 Å². The number of hydrogen-bond donors (Lipinski definition) is 2. The van der Waals surface area contributed by atoms with Crippen LogP contribution in [0.2, 0.25) is 0 Å².